The monoisotopic (exact) mass is 337 g/mol. The van der Waals surface area contributed by atoms with Crippen LogP contribution in [-0.4, -0.2) is 25.7 Å². The van der Waals surface area contributed by atoms with Gasteiger partial charge in [0.15, 0.2) is 0 Å². The van der Waals surface area contributed by atoms with E-state index in [1.807, 2.05) is 31.2 Å². The molecule has 0 atom stereocenters. The lowest BCUT2D eigenvalue weighted by Gasteiger charge is -2.11. The maximum Gasteiger partial charge on any atom is 0.277 e. The van der Waals surface area contributed by atoms with Crippen LogP contribution < -0.4 is 5.32 Å². The van der Waals surface area contributed by atoms with Gasteiger partial charge in [-0.1, -0.05) is 17.7 Å². The fraction of sp³-hybridized carbons (Fsp3) is 0.176. The van der Waals surface area contributed by atoms with Gasteiger partial charge in [-0.25, -0.2) is 9.67 Å². The third kappa shape index (κ3) is 2.67. The second kappa shape index (κ2) is 6.09. The minimum Gasteiger partial charge on any atom is -0.305 e. The maximum absolute atomic E-state index is 12.5. The Morgan fingerprint density at radius 3 is 2.79 bits per heavy atom. The lowest BCUT2D eigenvalue weighted by Crippen LogP contribution is -2.17. The van der Waals surface area contributed by atoms with Gasteiger partial charge >= 0.3 is 0 Å². The molecular formula is C17H15N5OS. The van der Waals surface area contributed by atoms with Crippen molar-refractivity contribution in [1.29, 1.82) is 0 Å². The largest absolute Gasteiger partial charge is 0.305 e. The van der Waals surface area contributed by atoms with Gasteiger partial charge < -0.3 is 5.32 Å². The average molecular weight is 337 g/mol. The lowest BCUT2D eigenvalue weighted by molar-refractivity contribution is 0.102. The van der Waals surface area contributed by atoms with Gasteiger partial charge in [0, 0.05) is 29.5 Å². The van der Waals surface area contributed by atoms with Crippen LogP contribution in [0.5, 0.6) is 0 Å². The van der Waals surface area contributed by atoms with Crippen LogP contribution in [0.3, 0.4) is 0 Å². The molecule has 0 bridgehead atoms. The molecule has 0 saturated heterocycles. The molecule has 0 aliphatic carbocycles. The number of anilines is 1. The highest BCUT2D eigenvalue weighted by Crippen LogP contribution is 2.36. The molecule has 6 nitrogen and oxygen atoms in total. The van der Waals surface area contributed by atoms with E-state index in [0.717, 1.165) is 34.3 Å². The Morgan fingerprint density at radius 1 is 1.21 bits per heavy atom. The third-order valence-corrected chi connectivity index (χ3v) is 4.83. The number of thioether (sulfide) groups is 1. The molecule has 0 radical (unpaired) electrons. The van der Waals surface area contributed by atoms with E-state index in [1.165, 1.54) is 18.0 Å². The Morgan fingerprint density at radius 2 is 2.04 bits per heavy atom. The molecule has 1 aliphatic rings. The highest BCUT2D eigenvalue weighted by atomic mass is 32.2. The quantitative estimate of drug-likeness (QED) is 0.795. The molecule has 0 fully saturated rings. The molecule has 1 aliphatic heterocycles. The number of hydrogen-bond donors (Lipinski definition) is 1. The number of rotatable bonds is 3. The fourth-order valence-electron chi connectivity index (χ4n) is 2.60. The minimum atomic E-state index is -0.281. The van der Waals surface area contributed by atoms with Crippen LogP contribution in [0.2, 0.25) is 0 Å². The number of nitrogens with one attached hydrogen (secondary N) is 1. The lowest BCUT2D eigenvalue weighted by atomic mass is 10.2. The third-order valence-electron chi connectivity index (χ3n) is 3.86. The van der Waals surface area contributed by atoms with Crippen molar-refractivity contribution in [3.63, 3.8) is 0 Å². The van der Waals surface area contributed by atoms with Crippen LogP contribution in [0, 0.1) is 6.92 Å². The topological polar surface area (TPSA) is 72.7 Å². The zero-order valence-corrected chi connectivity index (χ0v) is 13.9. The Bertz CT molecular complexity index is 889. The molecule has 3 heterocycles. The molecule has 0 unspecified atom stereocenters. The molecule has 4 rings (SSSR count). The summed E-state index contributed by atoms with van der Waals surface area (Å²) in [7, 11) is 0. The molecule has 2 aromatic heterocycles. The first-order chi connectivity index (χ1) is 11.7. The summed E-state index contributed by atoms with van der Waals surface area (Å²) < 4.78 is 1.80. The first kappa shape index (κ1) is 14.9. The van der Waals surface area contributed by atoms with Gasteiger partial charge in [0.05, 0.1) is 17.6 Å². The summed E-state index contributed by atoms with van der Waals surface area (Å²) in [6.45, 7) is 2.04. The number of hydrogen-bond acceptors (Lipinski definition) is 5. The molecule has 1 aromatic carbocycles. The van der Waals surface area contributed by atoms with E-state index in [9.17, 15) is 4.79 Å². The van der Waals surface area contributed by atoms with Crippen LogP contribution in [0.1, 0.15) is 27.3 Å². The highest BCUT2D eigenvalue weighted by Gasteiger charge is 2.25. The van der Waals surface area contributed by atoms with Gasteiger partial charge in [0.1, 0.15) is 11.5 Å². The van der Waals surface area contributed by atoms with Gasteiger partial charge in [-0.05, 0) is 19.1 Å². The molecule has 1 amide bonds. The van der Waals surface area contributed by atoms with Gasteiger partial charge in [-0.3, -0.25) is 9.78 Å². The summed E-state index contributed by atoms with van der Waals surface area (Å²) in [5.74, 6) is 2.14. The number of fused-ring (bicyclic) bond motifs is 1. The van der Waals surface area contributed by atoms with Gasteiger partial charge in [0.25, 0.3) is 5.91 Å². The zero-order chi connectivity index (χ0) is 16.5. The minimum absolute atomic E-state index is 0.281. The summed E-state index contributed by atoms with van der Waals surface area (Å²) in [6.07, 6.45) is 4.50. The number of nitrogens with zero attached hydrogens (tertiary/aromatic N) is 4. The number of benzene rings is 1. The van der Waals surface area contributed by atoms with E-state index in [1.54, 1.807) is 22.6 Å². The van der Waals surface area contributed by atoms with Crippen molar-refractivity contribution in [3.8, 4) is 5.69 Å². The highest BCUT2D eigenvalue weighted by molar-refractivity contribution is 7.98. The summed E-state index contributed by atoms with van der Waals surface area (Å²) in [5, 5.41) is 7.65. The Kier molecular flexibility index (Phi) is 3.78. The van der Waals surface area contributed by atoms with Gasteiger partial charge in [0.2, 0.25) is 0 Å². The Labute approximate surface area is 143 Å². The van der Waals surface area contributed by atoms with E-state index in [4.69, 9.17) is 0 Å². The normalized spacial score (nSPS) is 12.9. The van der Waals surface area contributed by atoms with E-state index < -0.39 is 0 Å². The number of aromatic nitrogens is 4. The molecular weight excluding hydrogens is 322 g/mol. The predicted molar refractivity (Wildman–Crippen MR) is 93.3 cm³/mol. The zero-order valence-electron chi connectivity index (χ0n) is 13.1. The van der Waals surface area contributed by atoms with Crippen molar-refractivity contribution in [2.45, 2.75) is 18.4 Å². The summed E-state index contributed by atoms with van der Waals surface area (Å²) >= 11 is 1.80. The first-order valence-corrected chi connectivity index (χ1v) is 8.71. The summed E-state index contributed by atoms with van der Waals surface area (Å²) in [4.78, 5) is 20.5. The molecule has 0 spiro atoms. The van der Waals surface area contributed by atoms with Gasteiger partial charge in [-0.2, -0.15) is 16.9 Å². The second-order valence-electron chi connectivity index (χ2n) is 5.56. The number of amides is 1. The van der Waals surface area contributed by atoms with Crippen molar-refractivity contribution in [2.24, 2.45) is 0 Å². The van der Waals surface area contributed by atoms with Gasteiger partial charge in [-0.15, -0.1) is 0 Å². The van der Waals surface area contributed by atoms with E-state index >= 15 is 0 Å². The number of aryl methyl sites for hydroxylation is 1. The Hall–Kier alpha value is -2.67. The summed E-state index contributed by atoms with van der Waals surface area (Å²) in [5.41, 5.74) is 4.50. The standard InChI is InChI=1S/C17H15N5OS/c1-11-2-4-12(5-3-11)22-16(13-9-24-10-15(13)21-22)20-17(23)14-8-18-6-7-19-14/h2-8H,9-10H2,1H3,(H,20,23). The van der Waals surface area contributed by atoms with Crippen molar-refractivity contribution >= 4 is 23.5 Å². The predicted octanol–water partition coefficient (Wildman–Crippen LogP) is 2.97. The maximum atomic E-state index is 12.5. The molecule has 1 N–H and O–H groups in total. The molecule has 7 heteroatoms. The number of carbonyl (C=O) groups excluding carboxylic acids is 1. The van der Waals surface area contributed by atoms with E-state index in [2.05, 4.69) is 20.4 Å². The molecule has 120 valence electrons. The number of carbonyl (C=O) groups is 1. The van der Waals surface area contributed by atoms with Crippen molar-refractivity contribution < 1.29 is 4.79 Å². The second-order valence-corrected chi connectivity index (χ2v) is 6.54. The molecule has 3 aromatic rings. The SMILES string of the molecule is Cc1ccc(-n2nc3c(c2NC(=O)c2cnccn2)CSC3)cc1. The average Bonchev–Trinajstić information content (AvgIpc) is 3.19. The first-order valence-electron chi connectivity index (χ1n) is 7.55. The van der Waals surface area contributed by atoms with Crippen LogP contribution in [0.15, 0.2) is 42.9 Å². The smallest absolute Gasteiger partial charge is 0.277 e. The molecule has 0 saturated carbocycles. The van der Waals surface area contributed by atoms with Crippen LogP contribution in [0.4, 0.5) is 5.82 Å². The van der Waals surface area contributed by atoms with E-state index in [0.29, 0.717) is 0 Å². The Balaban J connectivity index is 1.74. The van der Waals surface area contributed by atoms with Crippen LogP contribution in [0.25, 0.3) is 5.69 Å². The van der Waals surface area contributed by atoms with Crippen LogP contribution in [-0.2, 0) is 11.5 Å². The van der Waals surface area contributed by atoms with Crippen molar-refractivity contribution in [3.05, 3.63) is 65.4 Å². The fourth-order valence-corrected chi connectivity index (χ4v) is 3.64. The van der Waals surface area contributed by atoms with Crippen molar-refractivity contribution in [2.75, 3.05) is 5.32 Å². The van der Waals surface area contributed by atoms with Crippen LogP contribution >= 0.6 is 11.8 Å². The van der Waals surface area contributed by atoms with Crippen molar-refractivity contribution in [1.82, 2.24) is 19.7 Å². The summed E-state index contributed by atoms with van der Waals surface area (Å²) in [6, 6.07) is 8.07. The van der Waals surface area contributed by atoms with E-state index in [-0.39, 0.29) is 11.6 Å². The molecule has 24 heavy (non-hydrogen) atoms.